The second kappa shape index (κ2) is 7.99. The van der Waals surface area contributed by atoms with Crippen molar-refractivity contribution in [2.24, 2.45) is 17.6 Å². The molecule has 1 heterocycles. The lowest BCUT2D eigenvalue weighted by atomic mass is 9.93. The molecule has 0 unspecified atom stereocenters. The molecule has 4 nitrogen and oxygen atoms in total. The summed E-state index contributed by atoms with van der Waals surface area (Å²) in [5.74, 6) is 1.42. The van der Waals surface area contributed by atoms with Crippen LogP contribution in [0.4, 0.5) is 0 Å². The van der Waals surface area contributed by atoms with Crippen LogP contribution in [0.3, 0.4) is 0 Å². The molecular weight excluding hydrogens is 250 g/mol. The maximum Gasteiger partial charge on any atom is 0.220 e. The molecule has 1 aliphatic heterocycles. The summed E-state index contributed by atoms with van der Waals surface area (Å²) in [6.07, 6.45) is 7.76. The lowest BCUT2D eigenvalue weighted by Crippen LogP contribution is -2.35. The maximum atomic E-state index is 11.9. The predicted molar refractivity (Wildman–Crippen MR) is 82.4 cm³/mol. The quantitative estimate of drug-likeness (QED) is 0.780. The lowest BCUT2D eigenvalue weighted by Gasteiger charge is -2.31. The number of nitrogens with zero attached hydrogens (tertiary/aromatic N) is 1. The smallest absolute Gasteiger partial charge is 0.220 e. The highest BCUT2D eigenvalue weighted by molar-refractivity contribution is 5.76. The number of amides is 1. The van der Waals surface area contributed by atoms with Gasteiger partial charge >= 0.3 is 0 Å². The molecule has 0 aromatic rings. The molecule has 116 valence electrons. The normalized spacial score (nSPS) is 28.7. The summed E-state index contributed by atoms with van der Waals surface area (Å²) in [4.78, 5) is 14.4. The van der Waals surface area contributed by atoms with Crippen LogP contribution < -0.4 is 11.1 Å². The highest BCUT2D eigenvalue weighted by Gasteiger charge is 2.26. The standard InChI is InChI=1S/C16H31N3O/c1-2-19-10-7-13(8-11-19)6-9-18-16(20)12-14-4-3-5-15(14)17/h13-15H,2-12,17H2,1H3,(H,18,20)/t14-,15+/m0/s1. The molecular formula is C16H31N3O. The number of nitrogens with two attached hydrogens (primary N) is 1. The zero-order valence-electron chi connectivity index (χ0n) is 12.9. The number of carbonyl (C=O) groups excluding carboxylic acids is 1. The summed E-state index contributed by atoms with van der Waals surface area (Å²) < 4.78 is 0. The third-order valence-electron chi connectivity index (χ3n) is 5.19. The first kappa shape index (κ1) is 15.8. The second-order valence-electron chi connectivity index (χ2n) is 6.58. The summed E-state index contributed by atoms with van der Waals surface area (Å²) in [6, 6.07) is 0.249. The Bertz CT molecular complexity index is 300. The summed E-state index contributed by atoms with van der Waals surface area (Å²) in [5, 5.41) is 3.09. The highest BCUT2D eigenvalue weighted by Crippen LogP contribution is 2.26. The van der Waals surface area contributed by atoms with Crippen molar-refractivity contribution in [3.05, 3.63) is 0 Å². The Labute approximate surface area is 123 Å². The fraction of sp³-hybridized carbons (Fsp3) is 0.938. The van der Waals surface area contributed by atoms with E-state index < -0.39 is 0 Å². The Morgan fingerprint density at radius 2 is 2.00 bits per heavy atom. The van der Waals surface area contributed by atoms with E-state index in [1.807, 2.05) is 0 Å². The van der Waals surface area contributed by atoms with Gasteiger partial charge in [-0.2, -0.15) is 0 Å². The topological polar surface area (TPSA) is 58.4 Å². The second-order valence-corrected chi connectivity index (χ2v) is 6.58. The number of hydrogen-bond acceptors (Lipinski definition) is 3. The van der Waals surface area contributed by atoms with Crippen molar-refractivity contribution >= 4 is 5.91 Å². The Hall–Kier alpha value is -0.610. The monoisotopic (exact) mass is 281 g/mol. The zero-order chi connectivity index (χ0) is 14.4. The Morgan fingerprint density at radius 3 is 2.60 bits per heavy atom. The number of nitrogens with one attached hydrogen (secondary N) is 1. The van der Waals surface area contributed by atoms with E-state index in [-0.39, 0.29) is 11.9 Å². The van der Waals surface area contributed by atoms with Crippen LogP contribution in [0.1, 0.15) is 51.9 Å². The molecule has 0 spiro atoms. The number of rotatable bonds is 6. The van der Waals surface area contributed by atoms with Crippen molar-refractivity contribution in [2.45, 2.75) is 57.9 Å². The molecule has 2 fully saturated rings. The molecule has 20 heavy (non-hydrogen) atoms. The van der Waals surface area contributed by atoms with E-state index in [2.05, 4.69) is 17.1 Å². The van der Waals surface area contributed by atoms with E-state index >= 15 is 0 Å². The Morgan fingerprint density at radius 1 is 1.25 bits per heavy atom. The molecule has 3 N–H and O–H groups in total. The summed E-state index contributed by atoms with van der Waals surface area (Å²) in [5.41, 5.74) is 6.01. The van der Waals surface area contributed by atoms with Crippen LogP contribution in [0.2, 0.25) is 0 Å². The average molecular weight is 281 g/mol. The van der Waals surface area contributed by atoms with Gasteiger partial charge in [0.15, 0.2) is 0 Å². The first-order valence-corrected chi connectivity index (χ1v) is 8.43. The van der Waals surface area contributed by atoms with E-state index in [4.69, 9.17) is 5.73 Å². The third kappa shape index (κ3) is 4.74. The van der Waals surface area contributed by atoms with Crippen molar-refractivity contribution in [3.63, 3.8) is 0 Å². The summed E-state index contributed by atoms with van der Waals surface area (Å²) >= 11 is 0. The molecule has 1 amide bonds. The summed E-state index contributed by atoms with van der Waals surface area (Å²) in [6.45, 7) is 6.70. The van der Waals surface area contributed by atoms with Crippen LogP contribution >= 0.6 is 0 Å². The van der Waals surface area contributed by atoms with E-state index in [1.165, 1.54) is 38.9 Å². The van der Waals surface area contributed by atoms with Crippen LogP contribution in [0.15, 0.2) is 0 Å². The minimum absolute atomic E-state index is 0.207. The molecule has 1 saturated carbocycles. The van der Waals surface area contributed by atoms with E-state index in [9.17, 15) is 4.79 Å². The van der Waals surface area contributed by atoms with Gasteiger partial charge in [0.1, 0.15) is 0 Å². The van der Waals surface area contributed by atoms with Crippen molar-refractivity contribution in [1.82, 2.24) is 10.2 Å². The number of piperidine rings is 1. The third-order valence-corrected chi connectivity index (χ3v) is 5.19. The first-order valence-electron chi connectivity index (χ1n) is 8.43. The van der Waals surface area contributed by atoms with Gasteiger partial charge in [0.2, 0.25) is 5.91 Å². The van der Waals surface area contributed by atoms with Crippen molar-refractivity contribution in [1.29, 1.82) is 0 Å². The SMILES string of the molecule is CCN1CCC(CCNC(=O)C[C@@H]2CCC[C@H]2N)CC1. The predicted octanol–water partition coefficient (Wildman–Crippen LogP) is 1.74. The first-order chi connectivity index (χ1) is 9.69. The molecule has 0 aromatic heterocycles. The number of likely N-dealkylation sites (tertiary alicyclic amines) is 1. The van der Waals surface area contributed by atoms with E-state index in [1.54, 1.807) is 0 Å². The Balaban J connectivity index is 1.55. The largest absolute Gasteiger partial charge is 0.356 e. The fourth-order valence-corrected chi connectivity index (χ4v) is 3.64. The van der Waals surface area contributed by atoms with Crippen LogP contribution in [0, 0.1) is 11.8 Å². The van der Waals surface area contributed by atoms with E-state index in [0.717, 1.165) is 31.7 Å². The molecule has 4 heteroatoms. The van der Waals surface area contributed by atoms with Gasteiger partial charge in [-0.3, -0.25) is 4.79 Å². The van der Waals surface area contributed by atoms with Crippen LogP contribution in [-0.4, -0.2) is 43.0 Å². The van der Waals surface area contributed by atoms with Crippen LogP contribution in [-0.2, 0) is 4.79 Å². The highest BCUT2D eigenvalue weighted by atomic mass is 16.1. The van der Waals surface area contributed by atoms with Gasteiger partial charge in [0.05, 0.1) is 0 Å². The minimum atomic E-state index is 0.207. The average Bonchev–Trinajstić information content (AvgIpc) is 2.85. The van der Waals surface area contributed by atoms with Crippen molar-refractivity contribution in [2.75, 3.05) is 26.2 Å². The maximum absolute atomic E-state index is 11.9. The van der Waals surface area contributed by atoms with Crippen molar-refractivity contribution < 1.29 is 4.79 Å². The lowest BCUT2D eigenvalue weighted by molar-refractivity contribution is -0.122. The molecule has 1 saturated heterocycles. The van der Waals surface area contributed by atoms with Gasteiger partial charge in [-0.15, -0.1) is 0 Å². The number of hydrogen-bond donors (Lipinski definition) is 2. The van der Waals surface area contributed by atoms with E-state index in [0.29, 0.717) is 12.3 Å². The molecule has 0 bridgehead atoms. The van der Waals surface area contributed by atoms with Crippen molar-refractivity contribution in [3.8, 4) is 0 Å². The van der Waals surface area contributed by atoms with Crippen LogP contribution in [0.25, 0.3) is 0 Å². The minimum Gasteiger partial charge on any atom is -0.356 e. The van der Waals surface area contributed by atoms with Crippen LogP contribution in [0.5, 0.6) is 0 Å². The zero-order valence-corrected chi connectivity index (χ0v) is 12.9. The molecule has 2 aliphatic rings. The summed E-state index contributed by atoms with van der Waals surface area (Å²) in [7, 11) is 0. The van der Waals surface area contributed by atoms with Gasteiger partial charge in [0, 0.05) is 19.0 Å². The van der Waals surface area contributed by atoms with Gasteiger partial charge in [-0.1, -0.05) is 13.3 Å². The van der Waals surface area contributed by atoms with Gasteiger partial charge in [-0.05, 0) is 63.6 Å². The van der Waals surface area contributed by atoms with Gasteiger partial charge in [0.25, 0.3) is 0 Å². The molecule has 0 aromatic carbocycles. The fourth-order valence-electron chi connectivity index (χ4n) is 3.64. The molecule has 1 aliphatic carbocycles. The Kier molecular flexibility index (Phi) is 6.30. The van der Waals surface area contributed by atoms with Gasteiger partial charge < -0.3 is 16.0 Å². The van der Waals surface area contributed by atoms with Gasteiger partial charge in [-0.25, -0.2) is 0 Å². The molecule has 0 radical (unpaired) electrons. The number of carbonyl (C=O) groups is 1. The molecule has 2 atom stereocenters. The molecule has 2 rings (SSSR count).